The number of hydrogen-bond donors (Lipinski definition) is 2. The zero-order chi connectivity index (χ0) is 19.8. The summed E-state index contributed by atoms with van der Waals surface area (Å²) >= 11 is 0. The minimum atomic E-state index is -0.166. The summed E-state index contributed by atoms with van der Waals surface area (Å²) in [6, 6.07) is 13.0. The molecule has 144 valence electrons. The highest BCUT2D eigenvalue weighted by Crippen LogP contribution is 2.15. The number of carbonyl (C=O) groups excluding carboxylic acids is 2. The van der Waals surface area contributed by atoms with E-state index in [1.165, 1.54) is 0 Å². The van der Waals surface area contributed by atoms with E-state index >= 15 is 0 Å². The Balaban J connectivity index is 1.87. The average Bonchev–Trinajstić information content (AvgIpc) is 2.60. The van der Waals surface area contributed by atoms with Gasteiger partial charge in [0.05, 0.1) is 20.2 Å². The molecule has 27 heavy (non-hydrogen) atoms. The molecule has 0 spiro atoms. The molecule has 0 aliphatic carbocycles. The predicted octanol–water partition coefficient (Wildman–Crippen LogP) is 3.21. The Morgan fingerprint density at radius 2 is 1.41 bits per heavy atom. The van der Waals surface area contributed by atoms with Crippen LogP contribution in [0.5, 0.6) is 5.75 Å². The fourth-order valence-electron chi connectivity index (χ4n) is 2.81. The highest BCUT2D eigenvalue weighted by atomic mass is 16.5. The molecule has 2 N–H and O–H groups in total. The molecule has 6 nitrogen and oxygen atoms in total. The first-order valence-corrected chi connectivity index (χ1v) is 8.94. The summed E-state index contributed by atoms with van der Waals surface area (Å²) in [5.74, 6) is 0.423. The summed E-state index contributed by atoms with van der Waals surface area (Å²) < 4.78 is 5.10. The van der Waals surface area contributed by atoms with Crippen molar-refractivity contribution in [3.8, 4) is 5.75 Å². The summed E-state index contributed by atoms with van der Waals surface area (Å²) in [6.45, 7) is 6.79. The van der Waals surface area contributed by atoms with Crippen molar-refractivity contribution in [2.24, 2.45) is 0 Å². The molecule has 2 aromatic rings. The van der Waals surface area contributed by atoms with Crippen LogP contribution in [-0.2, 0) is 9.59 Å². The molecule has 2 amide bonds. The average molecular weight is 369 g/mol. The molecule has 6 heteroatoms. The van der Waals surface area contributed by atoms with Gasteiger partial charge in [-0.2, -0.15) is 0 Å². The zero-order valence-electron chi connectivity index (χ0n) is 16.3. The second-order valence-electron chi connectivity index (χ2n) is 6.50. The zero-order valence-corrected chi connectivity index (χ0v) is 16.3. The van der Waals surface area contributed by atoms with Crippen LogP contribution < -0.4 is 15.4 Å². The molecule has 0 aliphatic heterocycles. The van der Waals surface area contributed by atoms with E-state index < -0.39 is 0 Å². The molecule has 0 saturated carbocycles. The summed E-state index contributed by atoms with van der Waals surface area (Å²) in [4.78, 5) is 26.4. The maximum Gasteiger partial charge on any atom is 0.238 e. The van der Waals surface area contributed by atoms with Gasteiger partial charge in [-0.3, -0.25) is 14.5 Å². The predicted molar refractivity (Wildman–Crippen MR) is 108 cm³/mol. The summed E-state index contributed by atoms with van der Waals surface area (Å²) in [5, 5.41) is 5.73. The number of anilines is 2. The fraction of sp³-hybridized carbons (Fsp3) is 0.333. The van der Waals surface area contributed by atoms with Crippen molar-refractivity contribution < 1.29 is 14.3 Å². The number of carbonyl (C=O) groups is 2. The topological polar surface area (TPSA) is 70.7 Å². The maximum absolute atomic E-state index is 12.3. The van der Waals surface area contributed by atoms with Crippen LogP contribution in [0.1, 0.15) is 18.1 Å². The molecule has 0 aromatic heterocycles. The monoisotopic (exact) mass is 369 g/mol. The van der Waals surface area contributed by atoms with E-state index in [9.17, 15) is 9.59 Å². The van der Waals surface area contributed by atoms with Crippen LogP contribution in [0, 0.1) is 13.8 Å². The normalized spacial score (nSPS) is 10.6. The Morgan fingerprint density at radius 1 is 0.889 bits per heavy atom. The van der Waals surface area contributed by atoms with Gasteiger partial charge >= 0.3 is 0 Å². The van der Waals surface area contributed by atoms with Gasteiger partial charge in [-0.15, -0.1) is 0 Å². The van der Waals surface area contributed by atoms with E-state index in [1.807, 2.05) is 32.9 Å². The quantitative estimate of drug-likeness (QED) is 0.750. The number of amides is 2. The Kier molecular flexibility index (Phi) is 7.37. The van der Waals surface area contributed by atoms with Crippen LogP contribution in [0.25, 0.3) is 0 Å². The first-order valence-electron chi connectivity index (χ1n) is 8.94. The van der Waals surface area contributed by atoms with Gasteiger partial charge in [-0.25, -0.2) is 0 Å². The first-order chi connectivity index (χ1) is 12.9. The Hall–Kier alpha value is -2.86. The van der Waals surface area contributed by atoms with Crippen LogP contribution in [-0.4, -0.2) is 43.5 Å². The smallest absolute Gasteiger partial charge is 0.238 e. The number of hydrogen-bond acceptors (Lipinski definition) is 4. The standard InChI is InChI=1S/C21H27N3O3/c1-5-24(13-20(25)22-17-6-8-19(27-4)9-7-17)14-21(26)23-18-11-15(2)10-16(3)12-18/h6-12H,5,13-14H2,1-4H3,(H,22,25)(H,23,26). The second-order valence-corrected chi connectivity index (χ2v) is 6.50. The minimum absolute atomic E-state index is 0.140. The molecule has 0 saturated heterocycles. The van der Waals surface area contributed by atoms with E-state index in [2.05, 4.69) is 16.7 Å². The van der Waals surface area contributed by atoms with E-state index in [-0.39, 0.29) is 24.9 Å². The van der Waals surface area contributed by atoms with E-state index in [1.54, 1.807) is 36.3 Å². The SMILES string of the molecule is CCN(CC(=O)Nc1ccc(OC)cc1)CC(=O)Nc1cc(C)cc(C)c1. The van der Waals surface area contributed by atoms with Crippen molar-refractivity contribution in [3.05, 3.63) is 53.6 Å². The van der Waals surface area contributed by atoms with Crippen LogP contribution in [0.15, 0.2) is 42.5 Å². The van der Waals surface area contributed by atoms with Gasteiger partial charge in [0.15, 0.2) is 0 Å². The molecule has 0 heterocycles. The van der Waals surface area contributed by atoms with Crippen LogP contribution >= 0.6 is 0 Å². The van der Waals surface area contributed by atoms with Crippen molar-refractivity contribution in [2.45, 2.75) is 20.8 Å². The lowest BCUT2D eigenvalue weighted by Crippen LogP contribution is -2.38. The van der Waals surface area contributed by atoms with E-state index in [0.717, 1.165) is 22.6 Å². The fourth-order valence-corrected chi connectivity index (χ4v) is 2.81. The lowest BCUT2D eigenvalue weighted by atomic mass is 10.1. The van der Waals surface area contributed by atoms with Crippen molar-refractivity contribution in [2.75, 3.05) is 37.4 Å². The van der Waals surface area contributed by atoms with E-state index in [4.69, 9.17) is 4.74 Å². The third-order valence-electron chi connectivity index (χ3n) is 4.06. The molecule has 0 unspecified atom stereocenters. The number of likely N-dealkylation sites (N-methyl/N-ethyl adjacent to an activating group) is 1. The van der Waals surface area contributed by atoms with Gasteiger partial charge in [0.2, 0.25) is 11.8 Å². The summed E-state index contributed by atoms with van der Waals surface area (Å²) in [6.07, 6.45) is 0. The lowest BCUT2D eigenvalue weighted by Gasteiger charge is -2.19. The number of ether oxygens (including phenoxy) is 1. The number of nitrogens with zero attached hydrogens (tertiary/aromatic N) is 1. The molecular weight excluding hydrogens is 342 g/mol. The first kappa shape index (κ1) is 20.5. The van der Waals surface area contributed by atoms with Crippen molar-refractivity contribution in [1.29, 1.82) is 0 Å². The molecule has 0 aliphatic rings. The van der Waals surface area contributed by atoms with Crippen LogP contribution in [0.4, 0.5) is 11.4 Å². The summed E-state index contributed by atoms with van der Waals surface area (Å²) in [5.41, 5.74) is 3.65. The number of rotatable bonds is 8. The third kappa shape index (κ3) is 6.75. The van der Waals surface area contributed by atoms with Crippen LogP contribution in [0.3, 0.4) is 0 Å². The Labute approximate surface area is 160 Å². The highest BCUT2D eigenvalue weighted by molar-refractivity contribution is 5.94. The van der Waals surface area contributed by atoms with Crippen LogP contribution in [0.2, 0.25) is 0 Å². The minimum Gasteiger partial charge on any atom is -0.497 e. The van der Waals surface area contributed by atoms with E-state index in [0.29, 0.717) is 12.2 Å². The van der Waals surface area contributed by atoms with Crippen molar-refractivity contribution >= 4 is 23.2 Å². The van der Waals surface area contributed by atoms with Gasteiger partial charge in [0.1, 0.15) is 5.75 Å². The third-order valence-corrected chi connectivity index (χ3v) is 4.06. The molecule has 2 aromatic carbocycles. The molecular formula is C21H27N3O3. The Morgan fingerprint density at radius 3 is 1.89 bits per heavy atom. The largest absolute Gasteiger partial charge is 0.497 e. The molecule has 0 atom stereocenters. The number of aryl methyl sites for hydroxylation is 2. The van der Waals surface area contributed by atoms with Gasteiger partial charge in [0.25, 0.3) is 0 Å². The number of methoxy groups -OCH3 is 1. The summed E-state index contributed by atoms with van der Waals surface area (Å²) in [7, 11) is 1.59. The van der Waals surface area contributed by atoms with Gasteiger partial charge in [-0.05, 0) is 67.9 Å². The van der Waals surface area contributed by atoms with Gasteiger partial charge in [-0.1, -0.05) is 13.0 Å². The lowest BCUT2D eigenvalue weighted by molar-refractivity contribution is -0.119. The second kappa shape index (κ2) is 9.73. The van der Waals surface area contributed by atoms with Gasteiger partial charge in [0, 0.05) is 11.4 Å². The van der Waals surface area contributed by atoms with Gasteiger partial charge < -0.3 is 15.4 Å². The highest BCUT2D eigenvalue weighted by Gasteiger charge is 2.14. The number of benzene rings is 2. The number of nitrogens with one attached hydrogen (secondary N) is 2. The molecule has 0 fully saturated rings. The Bertz CT molecular complexity index is 768. The van der Waals surface area contributed by atoms with Crippen molar-refractivity contribution in [3.63, 3.8) is 0 Å². The molecule has 0 radical (unpaired) electrons. The maximum atomic E-state index is 12.3. The molecule has 0 bridgehead atoms. The van der Waals surface area contributed by atoms with Crippen molar-refractivity contribution in [1.82, 2.24) is 4.90 Å². The molecule has 2 rings (SSSR count).